The van der Waals surface area contributed by atoms with E-state index in [1.54, 1.807) is 42.5 Å². The van der Waals surface area contributed by atoms with E-state index < -0.39 is 51.9 Å². The molecule has 0 aromatic heterocycles. The number of amides is 2. The van der Waals surface area contributed by atoms with Gasteiger partial charge in [0.05, 0.1) is 31.2 Å². The van der Waals surface area contributed by atoms with Gasteiger partial charge in [-0.15, -0.1) is 0 Å². The highest BCUT2D eigenvalue weighted by Gasteiger charge is 2.37. The molecule has 4 aromatic rings. The summed E-state index contributed by atoms with van der Waals surface area (Å²) in [4.78, 5) is 29.1. The van der Waals surface area contributed by atoms with Crippen LogP contribution in [0.15, 0.2) is 102 Å². The Labute approximate surface area is 292 Å². The molecular weight excluding hydrogens is 710 g/mol. The van der Waals surface area contributed by atoms with E-state index in [1.807, 2.05) is 6.92 Å². The molecule has 1 atom stereocenters. The van der Waals surface area contributed by atoms with Crippen molar-refractivity contribution in [3.8, 4) is 0 Å². The Morgan fingerprint density at radius 2 is 1.44 bits per heavy atom. The van der Waals surface area contributed by atoms with Gasteiger partial charge in [-0.2, -0.15) is 13.2 Å². The number of rotatable bonds is 13. The third-order valence-electron chi connectivity index (χ3n) is 7.31. The molecule has 254 valence electrons. The average Bonchev–Trinajstić information content (AvgIpc) is 3.06. The van der Waals surface area contributed by atoms with Gasteiger partial charge in [-0.25, -0.2) is 8.42 Å². The van der Waals surface area contributed by atoms with Crippen LogP contribution in [-0.2, 0) is 38.8 Å². The number of carbonyl (C=O) groups is 2. The third-order valence-corrected chi connectivity index (χ3v) is 10.1. The number of benzene rings is 4. The molecular formula is C34H31Cl3F3N3O4S. The van der Waals surface area contributed by atoms with Gasteiger partial charge in [0.1, 0.15) is 12.6 Å². The smallest absolute Gasteiger partial charge is 0.354 e. The molecule has 0 fully saturated rings. The van der Waals surface area contributed by atoms with Crippen LogP contribution in [0.3, 0.4) is 0 Å². The molecule has 0 saturated heterocycles. The molecule has 7 nitrogen and oxygen atoms in total. The number of alkyl halides is 3. The Kier molecular flexibility index (Phi) is 12.4. The second kappa shape index (κ2) is 16.1. The van der Waals surface area contributed by atoms with E-state index in [9.17, 15) is 31.2 Å². The molecule has 0 saturated carbocycles. The second-order valence-electron chi connectivity index (χ2n) is 10.8. The minimum absolute atomic E-state index is 0.0409. The van der Waals surface area contributed by atoms with E-state index in [1.165, 1.54) is 41.3 Å². The summed E-state index contributed by atoms with van der Waals surface area (Å²) in [7, 11) is -4.68. The van der Waals surface area contributed by atoms with Crippen LogP contribution in [0, 0.1) is 0 Å². The van der Waals surface area contributed by atoms with Crippen LogP contribution in [-0.4, -0.2) is 44.3 Å². The number of nitrogens with zero attached hydrogens (tertiary/aromatic N) is 2. The first-order valence-electron chi connectivity index (χ1n) is 14.7. The average molecular weight is 741 g/mol. The van der Waals surface area contributed by atoms with Gasteiger partial charge < -0.3 is 10.2 Å². The van der Waals surface area contributed by atoms with E-state index in [2.05, 4.69) is 5.32 Å². The van der Waals surface area contributed by atoms with Crippen LogP contribution in [0.25, 0.3) is 0 Å². The number of halogens is 6. The van der Waals surface area contributed by atoms with E-state index in [-0.39, 0.29) is 32.9 Å². The first-order chi connectivity index (χ1) is 22.7. The summed E-state index contributed by atoms with van der Waals surface area (Å²) in [6.07, 6.45) is -4.20. The number of carbonyl (C=O) groups excluding carboxylic acids is 2. The summed E-state index contributed by atoms with van der Waals surface area (Å²) in [5.41, 5.74) is -0.561. The normalized spacial score (nSPS) is 12.3. The number of sulfonamides is 1. The fourth-order valence-corrected chi connectivity index (χ4v) is 6.90. The zero-order chi connectivity index (χ0) is 35.1. The summed E-state index contributed by atoms with van der Waals surface area (Å²) >= 11 is 18.7. The quantitative estimate of drug-likeness (QED) is 0.151. The lowest BCUT2D eigenvalue weighted by atomic mass is 10.0. The van der Waals surface area contributed by atoms with Crippen LogP contribution in [0.4, 0.5) is 18.9 Å². The molecule has 14 heteroatoms. The predicted octanol–water partition coefficient (Wildman–Crippen LogP) is 8.03. The van der Waals surface area contributed by atoms with E-state index >= 15 is 0 Å². The van der Waals surface area contributed by atoms with Crippen LogP contribution in [0.5, 0.6) is 0 Å². The van der Waals surface area contributed by atoms with Crippen molar-refractivity contribution >= 4 is 62.3 Å². The van der Waals surface area contributed by atoms with Gasteiger partial charge >= 0.3 is 6.18 Å². The van der Waals surface area contributed by atoms with Gasteiger partial charge in [-0.05, 0) is 60.0 Å². The van der Waals surface area contributed by atoms with Gasteiger partial charge in [0, 0.05) is 19.5 Å². The molecule has 0 aliphatic heterocycles. The third kappa shape index (κ3) is 9.22. The van der Waals surface area contributed by atoms with Crippen LogP contribution >= 0.6 is 34.8 Å². The fourth-order valence-electron chi connectivity index (χ4n) is 4.87. The summed E-state index contributed by atoms with van der Waals surface area (Å²) in [5, 5.41) is 2.90. The lowest BCUT2D eigenvalue weighted by Gasteiger charge is -2.34. The minimum atomic E-state index is -4.84. The Morgan fingerprint density at radius 1 is 0.812 bits per heavy atom. The van der Waals surface area contributed by atoms with E-state index in [4.69, 9.17) is 34.8 Å². The molecule has 2 amide bonds. The van der Waals surface area contributed by atoms with Gasteiger partial charge in [0.2, 0.25) is 11.8 Å². The lowest BCUT2D eigenvalue weighted by molar-refractivity contribution is -0.140. The molecule has 0 unspecified atom stereocenters. The summed E-state index contributed by atoms with van der Waals surface area (Å²) in [6, 6.07) is 21.5. The van der Waals surface area contributed by atoms with Crippen LogP contribution in [0.1, 0.15) is 30.0 Å². The Morgan fingerprint density at radius 3 is 2.04 bits per heavy atom. The number of hydrogen-bond acceptors (Lipinski definition) is 4. The van der Waals surface area contributed by atoms with Gasteiger partial charge in [-0.3, -0.25) is 13.9 Å². The molecule has 1 N–H and O–H groups in total. The Bertz CT molecular complexity index is 1850. The van der Waals surface area contributed by atoms with Crippen molar-refractivity contribution in [1.29, 1.82) is 0 Å². The molecule has 4 rings (SSSR count). The summed E-state index contributed by atoms with van der Waals surface area (Å²) < 4.78 is 70.2. The molecule has 4 aromatic carbocycles. The number of anilines is 1. The maximum absolute atomic E-state index is 14.5. The maximum atomic E-state index is 14.5. The lowest BCUT2D eigenvalue weighted by Crippen LogP contribution is -2.53. The monoisotopic (exact) mass is 739 g/mol. The minimum Gasteiger partial charge on any atom is -0.354 e. The molecule has 48 heavy (non-hydrogen) atoms. The van der Waals surface area contributed by atoms with E-state index in [0.717, 1.165) is 6.07 Å². The van der Waals surface area contributed by atoms with Gasteiger partial charge in [0.15, 0.2) is 0 Å². The largest absolute Gasteiger partial charge is 0.416 e. The fraction of sp³-hybridized carbons (Fsp3) is 0.235. The summed E-state index contributed by atoms with van der Waals surface area (Å²) in [5.74, 6) is -1.40. The molecule has 0 heterocycles. The Balaban J connectivity index is 1.87. The standard InChI is InChI=1S/C34H31Cl3F3N3O4S/c1-2-17-41-33(45)31(19-23-9-5-3-6-10-23)42(21-24-13-15-27(35)29(37)18-24)32(44)22-43(48(46,47)26-11-7-4-8-12-26)30-20-25(34(38,39)40)14-16-28(30)36/h3-16,18,20,31H,2,17,19,21-22H2,1H3,(H,41,45)/t31-/m0/s1. The van der Waals surface area contributed by atoms with Crippen molar-refractivity contribution in [2.24, 2.45) is 0 Å². The predicted molar refractivity (Wildman–Crippen MR) is 182 cm³/mol. The van der Waals surface area contributed by atoms with Crippen molar-refractivity contribution in [2.75, 3.05) is 17.4 Å². The van der Waals surface area contributed by atoms with Crippen molar-refractivity contribution in [3.63, 3.8) is 0 Å². The van der Waals surface area contributed by atoms with Crippen molar-refractivity contribution in [3.05, 3.63) is 129 Å². The van der Waals surface area contributed by atoms with Gasteiger partial charge in [0.25, 0.3) is 10.0 Å². The second-order valence-corrected chi connectivity index (χ2v) is 13.8. The molecule has 0 aliphatic rings. The first kappa shape index (κ1) is 37.1. The Hall–Kier alpha value is -3.77. The maximum Gasteiger partial charge on any atom is 0.416 e. The number of hydrogen-bond donors (Lipinski definition) is 1. The SMILES string of the molecule is CCCNC(=O)[C@H](Cc1ccccc1)N(Cc1ccc(Cl)c(Cl)c1)C(=O)CN(c1cc(C(F)(F)F)ccc1Cl)S(=O)(=O)c1ccccc1. The highest BCUT2D eigenvalue weighted by Crippen LogP contribution is 2.37. The number of nitrogens with one attached hydrogen (secondary N) is 1. The van der Waals surface area contributed by atoms with Crippen molar-refractivity contribution in [1.82, 2.24) is 10.2 Å². The van der Waals surface area contributed by atoms with Crippen molar-refractivity contribution < 1.29 is 31.2 Å². The van der Waals surface area contributed by atoms with Gasteiger partial charge in [-0.1, -0.05) is 96.3 Å². The molecule has 0 radical (unpaired) electrons. The van der Waals surface area contributed by atoms with Crippen LogP contribution < -0.4 is 9.62 Å². The van der Waals surface area contributed by atoms with Crippen molar-refractivity contribution in [2.45, 2.75) is 43.4 Å². The van der Waals surface area contributed by atoms with Crippen LogP contribution in [0.2, 0.25) is 15.1 Å². The summed E-state index contributed by atoms with van der Waals surface area (Å²) in [6.45, 7) is 0.942. The highest BCUT2D eigenvalue weighted by molar-refractivity contribution is 7.92. The molecule has 0 spiro atoms. The topological polar surface area (TPSA) is 86.8 Å². The van der Waals surface area contributed by atoms with E-state index in [0.29, 0.717) is 40.5 Å². The zero-order valence-corrected chi connectivity index (χ0v) is 28.6. The zero-order valence-electron chi connectivity index (χ0n) is 25.6. The molecule has 0 aliphatic carbocycles. The first-order valence-corrected chi connectivity index (χ1v) is 17.3. The highest BCUT2D eigenvalue weighted by atomic mass is 35.5. The molecule has 0 bridgehead atoms.